The zero-order chi connectivity index (χ0) is 21.3. The highest BCUT2D eigenvalue weighted by Gasteiger charge is 2.15. The Morgan fingerprint density at radius 3 is 2.37 bits per heavy atom. The quantitative estimate of drug-likeness (QED) is 0.538. The summed E-state index contributed by atoms with van der Waals surface area (Å²) in [7, 11) is 1.53. The van der Waals surface area contributed by atoms with Crippen LogP contribution in [0.1, 0.15) is 13.8 Å². The van der Waals surface area contributed by atoms with Gasteiger partial charge in [-0.15, -0.1) is 5.10 Å². The molecule has 1 amide bonds. The topological polar surface area (TPSA) is 105 Å². The largest absolute Gasteiger partial charge is 0.493 e. The van der Waals surface area contributed by atoms with Gasteiger partial charge in [0.1, 0.15) is 0 Å². The summed E-state index contributed by atoms with van der Waals surface area (Å²) in [6.45, 7) is 4.55. The van der Waals surface area contributed by atoms with Gasteiger partial charge in [-0.3, -0.25) is 10.1 Å². The van der Waals surface area contributed by atoms with Gasteiger partial charge in [0.15, 0.2) is 29.6 Å². The Morgan fingerprint density at radius 1 is 0.933 bits per heavy atom. The molecule has 1 N–H and O–H groups in total. The Kier molecular flexibility index (Phi) is 7.09. The van der Waals surface area contributed by atoms with Crippen LogP contribution in [0.5, 0.6) is 23.0 Å². The number of rotatable bonds is 10. The smallest absolute Gasteiger partial charge is 0.322 e. The van der Waals surface area contributed by atoms with Crippen molar-refractivity contribution in [2.45, 2.75) is 13.8 Å². The highest BCUT2D eigenvalue weighted by molar-refractivity contribution is 5.89. The van der Waals surface area contributed by atoms with Gasteiger partial charge in [-0.1, -0.05) is 17.2 Å². The van der Waals surface area contributed by atoms with E-state index in [0.29, 0.717) is 41.8 Å². The normalized spacial score (nSPS) is 10.4. The van der Waals surface area contributed by atoms with Crippen molar-refractivity contribution in [1.82, 2.24) is 10.2 Å². The highest BCUT2D eigenvalue weighted by atomic mass is 16.5. The summed E-state index contributed by atoms with van der Waals surface area (Å²) in [6, 6.07) is 12.3. The van der Waals surface area contributed by atoms with Gasteiger partial charge < -0.3 is 23.4 Å². The molecule has 9 heteroatoms. The Labute approximate surface area is 173 Å². The van der Waals surface area contributed by atoms with E-state index in [1.54, 1.807) is 36.4 Å². The second kappa shape index (κ2) is 10.1. The number of hydrogen-bond acceptors (Lipinski definition) is 8. The van der Waals surface area contributed by atoms with Gasteiger partial charge in [-0.05, 0) is 44.2 Å². The van der Waals surface area contributed by atoms with E-state index in [9.17, 15) is 4.79 Å². The first-order chi connectivity index (χ1) is 14.6. The molecule has 0 aliphatic rings. The maximum atomic E-state index is 12.1. The van der Waals surface area contributed by atoms with Crippen LogP contribution in [0.15, 0.2) is 46.9 Å². The molecule has 30 heavy (non-hydrogen) atoms. The van der Waals surface area contributed by atoms with Crippen molar-refractivity contribution in [3.05, 3.63) is 42.5 Å². The fourth-order valence-corrected chi connectivity index (χ4v) is 2.61. The minimum absolute atomic E-state index is 0.0366. The maximum absolute atomic E-state index is 12.1. The molecule has 0 atom stereocenters. The second-order valence-corrected chi connectivity index (χ2v) is 5.93. The Morgan fingerprint density at radius 2 is 1.63 bits per heavy atom. The molecule has 0 aliphatic carbocycles. The molecule has 1 heterocycles. The monoisotopic (exact) mass is 413 g/mol. The van der Waals surface area contributed by atoms with Crippen LogP contribution in [0.4, 0.5) is 6.01 Å². The molecule has 0 aliphatic heterocycles. The number of para-hydroxylation sites is 2. The van der Waals surface area contributed by atoms with Crippen molar-refractivity contribution in [1.29, 1.82) is 0 Å². The van der Waals surface area contributed by atoms with Crippen LogP contribution < -0.4 is 24.3 Å². The van der Waals surface area contributed by atoms with Gasteiger partial charge in [-0.25, -0.2) is 0 Å². The summed E-state index contributed by atoms with van der Waals surface area (Å²) in [6.07, 6.45) is 0. The van der Waals surface area contributed by atoms with Crippen LogP contribution in [-0.4, -0.2) is 43.0 Å². The molecule has 0 saturated carbocycles. The molecular weight excluding hydrogens is 390 g/mol. The molecule has 3 aromatic rings. The van der Waals surface area contributed by atoms with Crippen LogP contribution in [0.25, 0.3) is 11.5 Å². The molecule has 0 bridgehead atoms. The number of amides is 1. The van der Waals surface area contributed by atoms with Crippen LogP contribution in [0.2, 0.25) is 0 Å². The minimum Gasteiger partial charge on any atom is -0.493 e. The van der Waals surface area contributed by atoms with Gasteiger partial charge in [0, 0.05) is 5.56 Å². The van der Waals surface area contributed by atoms with E-state index in [1.165, 1.54) is 7.11 Å². The Hall–Kier alpha value is -3.75. The van der Waals surface area contributed by atoms with Gasteiger partial charge in [-0.2, -0.15) is 0 Å². The van der Waals surface area contributed by atoms with Crippen LogP contribution in [-0.2, 0) is 4.79 Å². The summed E-state index contributed by atoms with van der Waals surface area (Å²) >= 11 is 0. The van der Waals surface area contributed by atoms with Crippen LogP contribution >= 0.6 is 0 Å². The summed E-state index contributed by atoms with van der Waals surface area (Å²) in [5.41, 5.74) is 0.639. The molecule has 0 radical (unpaired) electrons. The molecule has 158 valence electrons. The first kappa shape index (κ1) is 21.0. The molecule has 0 saturated heterocycles. The standard InChI is InChI=1S/C21H23N3O6/c1-4-27-17-11-10-14(12-18(17)28-5-2)20-23-24-21(30-20)22-19(25)13-29-16-9-7-6-8-15(16)26-3/h6-12H,4-5,13H2,1-3H3,(H,22,24,25). The second-order valence-electron chi connectivity index (χ2n) is 5.93. The van der Waals surface area contributed by atoms with E-state index in [-0.39, 0.29) is 18.5 Å². The van der Waals surface area contributed by atoms with Gasteiger partial charge >= 0.3 is 6.01 Å². The van der Waals surface area contributed by atoms with E-state index in [1.807, 2.05) is 19.9 Å². The lowest BCUT2D eigenvalue weighted by Gasteiger charge is -2.11. The average molecular weight is 413 g/mol. The Bertz CT molecular complexity index is 988. The predicted molar refractivity (Wildman–Crippen MR) is 109 cm³/mol. The predicted octanol–water partition coefficient (Wildman–Crippen LogP) is 3.56. The van der Waals surface area contributed by atoms with Crippen LogP contribution in [0.3, 0.4) is 0 Å². The average Bonchev–Trinajstić information content (AvgIpc) is 3.22. The first-order valence-electron chi connectivity index (χ1n) is 9.43. The highest BCUT2D eigenvalue weighted by Crippen LogP contribution is 2.33. The fourth-order valence-electron chi connectivity index (χ4n) is 2.61. The molecule has 3 rings (SSSR count). The molecule has 0 fully saturated rings. The number of carbonyl (C=O) groups is 1. The van der Waals surface area contributed by atoms with Crippen molar-refractivity contribution in [3.63, 3.8) is 0 Å². The molecule has 9 nitrogen and oxygen atoms in total. The van der Waals surface area contributed by atoms with Gasteiger partial charge in [0.05, 0.1) is 20.3 Å². The molecule has 0 spiro atoms. The lowest BCUT2D eigenvalue weighted by atomic mass is 10.2. The molecule has 2 aromatic carbocycles. The molecule has 0 unspecified atom stereocenters. The third-order valence-corrected chi connectivity index (χ3v) is 3.89. The van der Waals surface area contributed by atoms with Gasteiger partial charge in [0.25, 0.3) is 5.91 Å². The van der Waals surface area contributed by atoms with E-state index in [4.69, 9.17) is 23.4 Å². The van der Waals surface area contributed by atoms with Crippen molar-refractivity contribution in [2.24, 2.45) is 0 Å². The number of ether oxygens (including phenoxy) is 4. The van der Waals surface area contributed by atoms with E-state index in [2.05, 4.69) is 15.5 Å². The van der Waals surface area contributed by atoms with Crippen molar-refractivity contribution in [2.75, 3.05) is 32.2 Å². The van der Waals surface area contributed by atoms with Crippen molar-refractivity contribution < 1.29 is 28.2 Å². The number of anilines is 1. The van der Waals surface area contributed by atoms with Crippen LogP contribution in [0, 0.1) is 0 Å². The summed E-state index contributed by atoms with van der Waals surface area (Å²) in [5, 5.41) is 10.3. The van der Waals surface area contributed by atoms with E-state index in [0.717, 1.165) is 0 Å². The number of benzene rings is 2. The summed E-state index contributed by atoms with van der Waals surface area (Å²) < 4.78 is 27.3. The van der Waals surface area contributed by atoms with Crippen molar-refractivity contribution in [3.8, 4) is 34.5 Å². The lowest BCUT2D eigenvalue weighted by molar-refractivity contribution is -0.118. The zero-order valence-electron chi connectivity index (χ0n) is 17.0. The summed E-state index contributed by atoms with van der Waals surface area (Å²) in [4.78, 5) is 12.1. The number of nitrogens with one attached hydrogen (secondary N) is 1. The maximum Gasteiger partial charge on any atom is 0.322 e. The number of hydrogen-bond donors (Lipinski definition) is 1. The fraction of sp³-hybridized carbons (Fsp3) is 0.286. The SMILES string of the molecule is CCOc1ccc(-c2nnc(NC(=O)COc3ccccc3OC)o2)cc1OCC. The van der Waals surface area contributed by atoms with E-state index >= 15 is 0 Å². The van der Waals surface area contributed by atoms with Crippen molar-refractivity contribution >= 4 is 11.9 Å². The lowest BCUT2D eigenvalue weighted by Crippen LogP contribution is -2.20. The number of carbonyl (C=O) groups excluding carboxylic acids is 1. The Balaban J connectivity index is 1.64. The third kappa shape index (κ3) is 5.19. The number of nitrogens with zero attached hydrogens (tertiary/aromatic N) is 2. The number of methoxy groups -OCH3 is 1. The minimum atomic E-state index is -0.446. The summed E-state index contributed by atoms with van der Waals surface area (Å²) in [5.74, 6) is 1.98. The third-order valence-electron chi connectivity index (χ3n) is 3.89. The zero-order valence-corrected chi connectivity index (χ0v) is 17.0. The molecule has 1 aromatic heterocycles. The molecular formula is C21H23N3O6. The van der Waals surface area contributed by atoms with E-state index < -0.39 is 5.91 Å². The van der Waals surface area contributed by atoms with Gasteiger partial charge in [0.2, 0.25) is 5.89 Å². The number of aromatic nitrogens is 2. The first-order valence-corrected chi connectivity index (χ1v) is 9.43.